The molecule has 0 radical (unpaired) electrons. The van der Waals surface area contributed by atoms with Gasteiger partial charge in [0.2, 0.25) is 0 Å². The lowest BCUT2D eigenvalue weighted by Gasteiger charge is -2.30. The number of aliphatic hydroxyl groups is 1. The second kappa shape index (κ2) is 3.71. The molecular formula is C13H17N3O. The van der Waals surface area contributed by atoms with Crippen molar-refractivity contribution < 1.29 is 5.11 Å². The van der Waals surface area contributed by atoms with Gasteiger partial charge in [-0.1, -0.05) is 19.9 Å². The highest BCUT2D eigenvalue weighted by molar-refractivity contribution is 5.44. The number of aromatic nitrogens is 1. The normalized spacial score (nSPS) is 26.9. The molecule has 0 unspecified atom stereocenters. The van der Waals surface area contributed by atoms with Crippen molar-refractivity contribution in [2.75, 3.05) is 18.0 Å². The lowest BCUT2D eigenvalue weighted by Crippen LogP contribution is -2.40. The van der Waals surface area contributed by atoms with E-state index in [4.69, 9.17) is 5.26 Å². The minimum Gasteiger partial charge on any atom is -0.388 e. The number of nitrogens with zero attached hydrogens (tertiary/aromatic N) is 3. The molecule has 1 aliphatic rings. The molecule has 0 spiro atoms. The fourth-order valence-electron chi connectivity index (χ4n) is 2.11. The van der Waals surface area contributed by atoms with Crippen LogP contribution < -0.4 is 4.90 Å². The van der Waals surface area contributed by atoms with E-state index >= 15 is 0 Å². The summed E-state index contributed by atoms with van der Waals surface area (Å²) in [6, 6.07) is 7.41. The third kappa shape index (κ3) is 1.98. The Hall–Kier alpha value is -1.60. The molecule has 1 aromatic rings. The van der Waals surface area contributed by atoms with Gasteiger partial charge in [0.15, 0.2) is 0 Å². The summed E-state index contributed by atoms with van der Waals surface area (Å²) >= 11 is 0. The van der Waals surface area contributed by atoms with Crippen LogP contribution in [0, 0.1) is 16.7 Å². The number of pyridine rings is 1. The van der Waals surface area contributed by atoms with Crippen LogP contribution in [0.3, 0.4) is 0 Å². The lowest BCUT2D eigenvalue weighted by atomic mass is 9.79. The molecule has 17 heavy (non-hydrogen) atoms. The van der Waals surface area contributed by atoms with Crippen LogP contribution in [-0.2, 0) is 0 Å². The Morgan fingerprint density at radius 2 is 2.06 bits per heavy atom. The number of rotatable bonds is 1. The van der Waals surface area contributed by atoms with E-state index in [1.807, 2.05) is 43.9 Å². The first kappa shape index (κ1) is 11.9. The van der Waals surface area contributed by atoms with Crippen molar-refractivity contribution >= 4 is 5.82 Å². The first-order valence-corrected chi connectivity index (χ1v) is 5.70. The van der Waals surface area contributed by atoms with Crippen LogP contribution >= 0.6 is 0 Å². The van der Waals surface area contributed by atoms with E-state index in [1.54, 1.807) is 6.07 Å². The van der Waals surface area contributed by atoms with Crippen LogP contribution in [0.25, 0.3) is 0 Å². The van der Waals surface area contributed by atoms with Gasteiger partial charge in [0.25, 0.3) is 0 Å². The zero-order valence-electron chi connectivity index (χ0n) is 10.4. The van der Waals surface area contributed by atoms with Crippen LogP contribution in [0.5, 0.6) is 0 Å². The summed E-state index contributed by atoms with van der Waals surface area (Å²) in [6.07, 6.45) is 0. The summed E-state index contributed by atoms with van der Waals surface area (Å²) in [7, 11) is 0. The van der Waals surface area contributed by atoms with Crippen molar-refractivity contribution in [2.45, 2.75) is 26.4 Å². The zero-order valence-corrected chi connectivity index (χ0v) is 10.4. The van der Waals surface area contributed by atoms with E-state index < -0.39 is 5.60 Å². The minimum absolute atomic E-state index is 0.183. The van der Waals surface area contributed by atoms with E-state index in [9.17, 15) is 5.11 Å². The predicted octanol–water partition coefficient (Wildman–Crippen LogP) is 1.55. The average Bonchev–Trinajstić information content (AvgIpc) is 2.48. The van der Waals surface area contributed by atoms with Gasteiger partial charge in [-0.2, -0.15) is 5.26 Å². The smallest absolute Gasteiger partial charge is 0.142 e. The fourth-order valence-corrected chi connectivity index (χ4v) is 2.11. The average molecular weight is 231 g/mol. The first-order valence-electron chi connectivity index (χ1n) is 5.70. The molecule has 0 bridgehead atoms. The van der Waals surface area contributed by atoms with Crippen LogP contribution in [0.4, 0.5) is 5.82 Å². The van der Waals surface area contributed by atoms with Crippen molar-refractivity contribution in [3.63, 3.8) is 0 Å². The summed E-state index contributed by atoms with van der Waals surface area (Å²) in [5, 5.41) is 19.2. The van der Waals surface area contributed by atoms with Gasteiger partial charge in [-0.15, -0.1) is 0 Å². The topological polar surface area (TPSA) is 60.2 Å². The summed E-state index contributed by atoms with van der Waals surface area (Å²) in [6.45, 7) is 7.22. The molecule has 2 rings (SSSR count). The van der Waals surface area contributed by atoms with Gasteiger partial charge >= 0.3 is 0 Å². The number of anilines is 1. The molecule has 0 aliphatic carbocycles. The largest absolute Gasteiger partial charge is 0.388 e. The molecule has 4 heteroatoms. The standard InChI is InChI=1S/C13H17N3O/c1-12(2)8-16(9-13(12,3)17)11-6-4-5-10(7-14)15-11/h4-6,17H,8-9H2,1-3H3/t13-/m1/s1. The quantitative estimate of drug-likeness (QED) is 0.796. The Kier molecular flexibility index (Phi) is 2.59. The molecule has 1 fully saturated rings. The second-order valence-electron chi connectivity index (χ2n) is 5.51. The molecule has 0 aromatic carbocycles. The molecule has 1 N–H and O–H groups in total. The van der Waals surface area contributed by atoms with Gasteiger partial charge in [-0.25, -0.2) is 4.98 Å². The first-order chi connectivity index (χ1) is 7.86. The van der Waals surface area contributed by atoms with E-state index in [2.05, 4.69) is 4.98 Å². The fraction of sp³-hybridized carbons (Fsp3) is 0.538. The highest BCUT2D eigenvalue weighted by atomic mass is 16.3. The maximum atomic E-state index is 10.3. The molecule has 0 saturated carbocycles. The number of nitriles is 1. The van der Waals surface area contributed by atoms with Crippen LogP contribution in [0.2, 0.25) is 0 Å². The SMILES string of the molecule is CC1(C)CN(c2cccc(C#N)n2)C[C@@]1(C)O. The Morgan fingerprint density at radius 1 is 1.35 bits per heavy atom. The third-order valence-corrected chi connectivity index (χ3v) is 3.72. The summed E-state index contributed by atoms with van der Waals surface area (Å²) in [4.78, 5) is 6.29. The van der Waals surface area contributed by atoms with Crippen LogP contribution in [-0.4, -0.2) is 28.8 Å². The summed E-state index contributed by atoms with van der Waals surface area (Å²) in [5.41, 5.74) is -0.513. The van der Waals surface area contributed by atoms with Crippen molar-refractivity contribution in [2.24, 2.45) is 5.41 Å². The second-order valence-corrected chi connectivity index (χ2v) is 5.51. The van der Waals surface area contributed by atoms with Crippen molar-refractivity contribution in [1.82, 2.24) is 4.98 Å². The molecule has 1 saturated heterocycles. The van der Waals surface area contributed by atoms with Gasteiger partial charge in [-0.3, -0.25) is 0 Å². The number of β-amino-alcohol motifs (C(OH)–C–C–N with tert-alkyl or cyclic N) is 1. The van der Waals surface area contributed by atoms with E-state index in [0.717, 1.165) is 12.4 Å². The lowest BCUT2D eigenvalue weighted by molar-refractivity contribution is -0.00891. The maximum absolute atomic E-state index is 10.3. The van der Waals surface area contributed by atoms with Crippen LogP contribution in [0.1, 0.15) is 26.5 Å². The molecule has 1 atom stereocenters. The highest BCUT2D eigenvalue weighted by Crippen LogP contribution is 2.39. The third-order valence-electron chi connectivity index (χ3n) is 3.72. The van der Waals surface area contributed by atoms with Gasteiger partial charge in [0.1, 0.15) is 17.6 Å². The monoisotopic (exact) mass is 231 g/mol. The molecule has 2 heterocycles. The van der Waals surface area contributed by atoms with Gasteiger partial charge in [0, 0.05) is 18.5 Å². The van der Waals surface area contributed by atoms with Crippen molar-refractivity contribution in [3.8, 4) is 6.07 Å². The van der Waals surface area contributed by atoms with Gasteiger partial charge < -0.3 is 10.0 Å². The van der Waals surface area contributed by atoms with E-state index in [1.165, 1.54) is 0 Å². The predicted molar refractivity (Wildman–Crippen MR) is 65.6 cm³/mol. The Balaban J connectivity index is 2.29. The van der Waals surface area contributed by atoms with Crippen molar-refractivity contribution in [3.05, 3.63) is 23.9 Å². The molecule has 1 aliphatic heterocycles. The van der Waals surface area contributed by atoms with E-state index in [-0.39, 0.29) is 5.41 Å². The molecule has 0 amide bonds. The Morgan fingerprint density at radius 3 is 2.59 bits per heavy atom. The molecule has 90 valence electrons. The minimum atomic E-state index is -0.739. The zero-order chi connectivity index (χ0) is 12.7. The molecular weight excluding hydrogens is 214 g/mol. The molecule has 4 nitrogen and oxygen atoms in total. The Labute approximate surface area is 102 Å². The maximum Gasteiger partial charge on any atom is 0.142 e. The van der Waals surface area contributed by atoms with E-state index in [0.29, 0.717) is 12.2 Å². The van der Waals surface area contributed by atoms with Gasteiger partial charge in [-0.05, 0) is 19.1 Å². The number of hydrogen-bond donors (Lipinski definition) is 1. The van der Waals surface area contributed by atoms with Crippen LogP contribution in [0.15, 0.2) is 18.2 Å². The van der Waals surface area contributed by atoms with Gasteiger partial charge in [0.05, 0.1) is 5.60 Å². The Bertz CT molecular complexity index is 458. The summed E-state index contributed by atoms with van der Waals surface area (Å²) < 4.78 is 0. The number of hydrogen-bond acceptors (Lipinski definition) is 4. The summed E-state index contributed by atoms with van der Waals surface area (Å²) in [5.74, 6) is 0.759. The van der Waals surface area contributed by atoms with Crippen molar-refractivity contribution in [1.29, 1.82) is 5.26 Å². The molecule has 1 aromatic heterocycles. The highest BCUT2D eigenvalue weighted by Gasteiger charge is 2.48.